The van der Waals surface area contributed by atoms with Crippen molar-refractivity contribution in [2.24, 2.45) is 0 Å². The van der Waals surface area contributed by atoms with E-state index in [4.69, 9.17) is 18.5 Å². The van der Waals surface area contributed by atoms with E-state index in [2.05, 4.69) is 13.8 Å². The molecule has 0 heterocycles. The fraction of sp³-hybridized carbons (Fsp3) is 0.950. The summed E-state index contributed by atoms with van der Waals surface area (Å²) in [6, 6.07) is 0. The van der Waals surface area contributed by atoms with Crippen LogP contribution in [0.1, 0.15) is 168 Å². The van der Waals surface area contributed by atoms with Gasteiger partial charge in [-0.2, -0.15) is 23.5 Å². The lowest BCUT2D eigenvalue weighted by atomic mass is 10.1. The normalized spacial score (nSPS) is 13.6. The van der Waals surface area contributed by atoms with Crippen molar-refractivity contribution in [1.29, 1.82) is 0 Å². The van der Waals surface area contributed by atoms with Crippen LogP contribution in [0.3, 0.4) is 0 Å². The summed E-state index contributed by atoms with van der Waals surface area (Å²) in [5.41, 5.74) is 0. The number of rotatable bonds is 40. The van der Waals surface area contributed by atoms with Crippen molar-refractivity contribution in [1.82, 2.24) is 0 Å². The molecule has 0 aliphatic carbocycles. The molecule has 310 valence electrons. The van der Waals surface area contributed by atoms with Gasteiger partial charge in [0.05, 0.1) is 39.3 Å². The lowest BCUT2D eigenvalue weighted by Gasteiger charge is -2.28. The first-order chi connectivity index (χ1) is 25.0. The molecule has 2 atom stereocenters. The van der Waals surface area contributed by atoms with Gasteiger partial charge < -0.3 is 27.9 Å². The van der Waals surface area contributed by atoms with Crippen molar-refractivity contribution in [2.75, 3.05) is 70.5 Å². The van der Waals surface area contributed by atoms with Gasteiger partial charge in [-0.15, -0.1) is 0 Å². The summed E-state index contributed by atoms with van der Waals surface area (Å²) in [5, 5.41) is 0. The van der Waals surface area contributed by atoms with Crippen LogP contribution in [0, 0.1) is 0 Å². The molecular weight excluding hydrogens is 718 g/mol. The highest BCUT2D eigenvalue weighted by Crippen LogP contribution is 2.38. The molecule has 0 radical (unpaired) electrons. The highest BCUT2D eigenvalue weighted by molar-refractivity contribution is 8.00. The van der Waals surface area contributed by atoms with Crippen molar-refractivity contribution < 1.29 is 42.1 Å². The topological polar surface area (TPSA) is 111 Å². The van der Waals surface area contributed by atoms with E-state index in [1.807, 2.05) is 21.1 Å². The minimum Gasteiger partial charge on any atom is -0.756 e. The summed E-state index contributed by atoms with van der Waals surface area (Å²) in [5.74, 6) is 1.18. The first-order valence-electron chi connectivity index (χ1n) is 20.9. The minimum absolute atomic E-state index is 0.0318. The standard InChI is InChI=1S/C40H80NO8PS2/c1-6-8-10-12-14-16-18-20-22-24-26-28-32-51-36-39(42)46-34-38(35-48-50(44,45)47-31-30-41(3,4)5)49-40(43)37-52-33-29-27-25-23-21-19-17-15-13-11-9-7-2/h38H,6-37H2,1-5H3. The Labute approximate surface area is 328 Å². The second-order valence-electron chi connectivity index (χ2n) is 15.3. The first-order valence-corrected chi connectivity index (χ1v) is 24.7. The van der Waals surface area contributed by atoms with Crippen molar-refractivity contribution in [2.45, 2.75) is 174 Å². The Hall–Kier alpha value is -0.290. The molecule has 0 N–H and O–H groups in total. The van der Waals surface area contributed by atoms with E-state index >= 15 is 0 Å². The average molecular weight is 798 g/mol. The molecule has 0 amide bonds. The van der Waals surface area contributed by atoms with Gasteiger partial charge in [-0.05, 0) is 24.3 Å². The highest BCUT2D eigenvalue weighted by Gasteiger charge is 2.22. The van der Waals surface area contributed by atoms with Crippen molar-refractivity contribution in [3.63, 3.8) is 0 Å². The number of thioether (sulfide) groups is 2. The fourth-order valence-electron chi connectivity index (χ4n) is 5.60. The maximum absolute atomic E-state index is 12.6. The van der Waals surface area contributed by atoms with Crippen molar-refractivity contribution in [3.8, 4) is 0 Å². The molecule has 0 aromatic carbocycles. The monoisotopic (exact) mass is 798 g/mol. The van der Waals surface area contributed by atoms with Gasteiger partial charge in [0, 0.05) is 0 Å². The Morgan fingerprint density at radius 1 is 0.577 bits per heavy atom. The van der Waals surface area contributed by atoms with E-state index in [0.29, 0.717) is 11.0 Å². The third-order valence-electron chi connectivity index (χ3n) is 8.88. The minimum atomic E-state index is -4.62. The molecular formula is C40H80NO8PS2. The predicted molar refractivity (Wildman–Crippen MR) is 220 cm³/mol. The highest BCUT2D eigenvalue weighted by atomic mass is 32.2. The van der Waals surface area contributed by atoms with Gasteiger partial charge in [-0.25, -0.2) is 0 Å². The lowest BCUT2D eigenvalue weighted by Crippen LogP contribution is -2.37. The Balaban J connectivity index is 4.33. The maximum Gasteiger partial charge on any atom is 0.316 e. The molecule has 0 fully saturated rings. The number of esters is 2. The summed E-state index contributed by atoms with van der Waals surface area (Å²) < 4.78 is 33.8. The first kappa shape index (κ1) is 51.7. The molecule has 0 bridgehead atoms. The van der Waals surface area contributed by atoms with Gasteiger partial charge in [-0.1, -0.05) is 155 Å². The molecule has 0 saturated heterocycles. The summed E-state index contributed by atoms with van der Waals surface area (Å²) in [7, 11) is 1.16. The third-order valence-corrected chi connectivity index (χ3v) is 11.9. The number of hydrogen-bond acceptors (Lipinski definition) is 10. The number of unbranched alkanes of at least 4 members (excludes halogenated alkanes) is 22. The van der Waals surface area contributed by atoms with Crippen LogP contribution in [0.2, 0.25) is 0 Å². The van der Waals surface area contributed by atoms with Gasteiger partial charge >= 0.3 is 11.9 Å². The zero-order valence-corrected chi connectivity index (χ0v) is 36.7. The number of ether oxygens (including phenoxy) is 2. The van der Waals surface area contributed by atoms with Gasteiger partial charge in [-0.3, -0.25) is 14.2 Å². The summed E-state index contributed by atoms with van der Waals surface area (Å²) >= 11 is 3.03. The summed E-state index contributed by atoms with van der Waals surface area (Å²) in [6.07, 6.45) is 29.9. The Morgan fingerprint density at radius 2 is 0.962 bits per heavy atom. The molecule has 52 heavy (non-hydrogen) atoms. The van der Waals surface area contributed by atoms with E-state index in [9.17, 15) is 19.0 Å². The molecule has 9 nitrogen and oxygen atoms in total. The molecule has 0 aliphatic rings. The van der Waals surface area contributed by atoms with Crippen molar-refractivity contribution in [3.05, 3.63) is 0 Å². The summed E-state index contributed by atoms with van der Waals surface area (Å²) in [4.78, 5) is 37.4. The Morgan fingerprint density at radius 3 is 1.37 bits per heavy atom. The van der Waals surface area contributed by atoms with Gasteiger partial charge in [0.25, 0.3) is 7.82 Å². The number of hydrogen-bond donors (Lipinski definition) is 0. The van der Waals surface area contributed by atoms with Crippen LogP contribution in [0.5, 0.6) is 0 Å². The smallest absolute Gasteiger partial charge is 0.316 e. The Bertz CT molecular complexity index is 877. The van der Waals surface area contributed by atoms with Gasteiger partial charge in [0.2, 0.25) is 0 Å². The maximum atomic E-state index is 12.6. The second kappa shape index (κ2) is 36.4. The molecule has 0 aromatic heterocycles. The van der Waals surface area contributed by atoms with E-state index in [-0.39, 0.29) is 24.7 Å². The molecule has 2 unspecified atom stereocenters. The molecule has 0 aliphatic heterocycles. The predicted octanol–water partition coefficient (Wildman–Crippen LogP) is 10.5. The molecule has 0 rings (SSSR count). The van der Waals surface area contributed by atoms with Crippen molar-refractivity contribution >= 4 is 43.3 Å². The average Bonchev–Trinajstić information content (AvgIpc) is 3.09. The van der Waals surface area contributed by atoms with Crippen LogP contribution in [0.15, 0.2) is 0 Å². The SMILES string of the molecule is CCCCCCCCCCCCCCSCC(=O)OCC(COP(=O)([O-])OCC[N+](C)(C)C)OC(=O)CSCCCCCCCCCCCCCC. The van der Waals surface area contributed by atoms with E-state index in [1.54, 1.807) is 0 Å². The van der Waals surface area contributed by atoms with Gasteiger partial charge in [0.15, 0.2) is 6.10 Å². The number of phosphoric acid groups is 1. The van der Waals surface area contributed by atoms with Gasteiger partial charge in [0.1, 0.15) is 19.8 Å². The Kier molecular flexibility index (Phi) is 36.2. The molecule has 0 aromatic rings. The zero-order valence-electron chi connectivity index (χ0n) is 34.2. The lowest BCUT2D eigenvalue weighted by molar-refractivity contribution is -0.870. The number of carbonyl (C=O) groups excluding carboxylic acids is 2. The largest absolute Gasteiger partial charge is 0.756 e. The van der Waals surface area contributed by atoms with Crippen LogP contribution in [0.25, 0.3) is 0 Å². The summed E-state index contributed by atoms with van der Waals surface area (Å²) in [6.45, 7) is 4.20. The van der Waals surface area contributed by atoms with Crippen LogP contribution < -0.4 is 4.89 Å². The zero-order chi connectivity index (χ0) is 38.6. The van der Waals surface area contributed by atoms with E-state index < -0.39 is 32.5 Å². The number of likely N-dealkylation sites (N-methyl/N-ethyl adjacent to an activating group) is 1. The number of carbonyl (C=O) groups is 2. The quantitative estimate of drug-likeness (QED) is 0.0257. The second-order valence-corrected chi connectivity index (χ2v) is 18.9. The third kappa shape index (κ3) is 39.4. The van der Waals surface area contributed by atoms with Crippen LogP contribution in [0.4, 0.5) is 0 Å². The fourth-order valence-corrected chi connectivity index (χ4v) is 7.92. The van der Waals surface area contributed by atoms with E-state index in [1.165, 1.54) is 152 Å². The molecule has 12 heteroatoms. The van der Waals surface area contributed by atoms with Crippen LogP contribution in [-0.4, -0.2) is 93.0 Å². The number of quaternary nitrogens is 1. The van der Waals surface area contributed by atoms with E-state index in [0.717, 1.165) is 37.2 Å². The number of nitrogens with zero attached hydrogens (tertiary/aromatic N) is 1. The molecule has 0 saturated carbocycles. The number of phosphoric ester groups is 1. The van der Waals surface area contributed by atoms with Crippen LogP contribution in [-0.2, 0) is 32.7 Å². The molecule has 0 spiro atoms. The van der Waals surface area contributed by atoms with Crippen LogP contribution >= 0.6 is 31.3 Å².